The molecule has 4 aromatic rings. The molecule has 0 radical (unpaired) electrons. The molecule has 0 spiro atoms. The Kier molecular flexibility index (Phi) is 6.92. The highest BCUT2D eigenvalue weighted by molar-refractivity contribution is 7.86. The Balaban J connectivity index is 0.000000331. The lowest BCUT2D eigenvalue weighted by Gasteiger charge is -2.08. The zero-order chi connectivity index (χ0) is 24.4. The number of halogens is 4. The summed E-state index contributed by atoms with van der Waals surface area (Å²) in [7, 11) is -4.06. The van der Waals surface area contributed by atoms with E-state index in [1.807, 2.05) is 49.5 Å². The van der Waals surface area contributed by atoms with Crippen LogP contribution in [0, 0.1) is 0 Å². The monoisotopic (exact) mass is 496 g/mol. The first-order chi connectivity index (χ1) is 15.4. The molecular formula is C22H16ClF3N2O4S. The maximum Gasteiger partial charge on any atom is 0.485 e. The second kappa shape index (κ2) is 9.34. The van der Waals surface area contributed by atoms with E-state index in [0.29, 0.717) is 5.52 Å². The van der Waals surface area contributed by atoms with E-state index in [2.05, 4.69) is 27.8 Å². The number of aryl methyl sites for hydroxylation is 1. The number of alkyl halides is 3. The van der Waals surface area contributed by atoms with Crippen molar-refractivity contribution in [2.24, 2.45) is 7.05 Å². The average Bonchev–Trinajstić information content (AvgIpc) is 2.74. The normalized spacial score (nSPS) is 12.2. The molecule has 0 amide bonds. The van der Waals surface area contributed by atoms with Crippen molar-refractivity contribution in [2.45, 2.75) is 5.51 Å². The fourth-order valence-electron chi connectivity index (χ4n) is 3.06. The van der Waals surface area contributed by atoms with E-state index in [9.17, 15) is 18.3 Å². The topological polar surface area (TPSA) is 94.2 Å². The van der Waals surface area contributed by atoms with Crippen molar-refractivity contribution in [2.75, 3.05) is 0 Å². The van der Waals surface area contributed by atoms with Crippen molar-refractivity contribution in [3.05, 3.63) is 77.1 Å². The maximum atomic E-state index is 10.7. The molecule has 0 aliphatic carbocycles. The van der Waals surface area contributed by atoms with Gasteiger partial charge < -0.3 is 9.66 Å². The number of rotatable bonds is 2. The molecule has 2 aromatic heterocycles. The molecule has 6 nitrogen and oxygen atoms in total. The van der Waals surface area contributed by atoms with Gasteiger partial charge >= 0.3 is 5.51 Å². The molecule has 11 heteroatoms. The van der Waals surface area contributed by atoms with Crippen molar-refractivity contribution >= 4 is 55.7 Å². The molecule has 0 unspecified atom stereocenters. The Labute approximate surface area is 191 Å². The lowest BCUT2D eigenvalue weighted by molar-refractivity contribution is -0.646. The number of benzene rings is 2. The van der Waals surface area contributed by atoms with Gasteiger partial charge in [0.15, 0.2) is 10.1 Å². The highest BCUT2D eigenvalue weighted by atomic mass is 35.5. The molecule has 2 aromatic carbocycles. The van der Waals surface area contributed by atoms with Gasteiger partial charge in [-0.25, -0.2) is 8.42 Å². The Morgan fingerprint density at radius 1 is 1.09 bits per heavy atom. The lowest BCUT2D eigenvalue weighted by atomic mass is 10.1. The van der Waals surface area contributed by atoms with Crippen LogP contribution < -0.4 is 4.57 Å². The summed E-state index contributed by atoms with van der Waals surface area (Å²) >= 11 is 6.07. The third kappa shape index (κ3) is 5.59. The first-order valence-corrected chi connectivity index (χ1v) is 11.0. The van der Waals surface area contributed by atoms with Gasteiger partial charge in [0.05, 0.1) is 0 Å². The summed E-state index contributed by atoms with van der Waals surface area (Å²) in [5.41, 5.74) is -1.84. The van der Waals surface area contributed by atoms with Gasteiger partial charge in [-0.15, -0.1) is 0 Å². The summed E-state index contributed by atoms with van der Waals surface area (Å²) in [4.78, 5) is 4.26. The molecule has 0 aliphatic heterocycles. The number of fused-ring (bicyclic) bond motifs is 2. The van der Waals surface area contributed by atoms with Crippen molar-refractivity contribution in [3.8, 4) is 5.75 Å². The summed E-state index contributed by atoms with van der Waals surface area (Å²) in [5, 5.41) is 12.7. The number of phenolic OH excluding ortho intramolecular Hbond substituents is 1. The summed E-state index contributed by atoms with van der Waals surface area (Å²) < 4.78 is 61.0. The molecule has 0 atom stereocenters. The maximum absolute atomic E-state index is 10.7. The predicted octanol–water partition coefficient (Wildman–Crippen LogP) is 4.79. The molecule has 0 saturated carbocycles. The molecule has 33 heavy (non-hydrogen) atoms. The van der Waals surface area contributed by atoms with E-state index in [1.54, 1.807) is 12.3 Å². The second-order valence-corrected chi connectivity index (χ2v) is 8.63. The number of hydrogen-bond acceptors (Lipinski definition) is 5. The quantitative estimate of drug-likeness (QED) is 0.244. The van der Waals surface area contributed by atoms with E-state index in [0.717, 1.165) is 32.6 Å². The van der Waals surface area contributed by atoms with Crippen LogP contribution >= 0.6 is 11.6 Å². The van der Waals surface area contributed by atoms with Gasteiger partial charge in [0, 0.05) is 40.2 Å². The van der Waals surface area contributed by atoms with Gasteiger partial charge in [0.1, 0.15) is 18.3 Å². The van der Waals surface area contributed by atoms with Crippen LogP contribution in [0.25, 0.3) is 34.0 Å². The number of phenols is 1. The zero-order valence-electron chi connectivity index (χ0n) is 16.9. The fourth-order valence-corrected chi connectivity index (χ4v) is 3.24. The number of pyridine rings is 2. The molecule has 172 valence electrons. The molecular weight excluding hydrogens is 481 g/mol. The number of aromatic nitrogens is 2. The first-order valence-electron chi connectivity index (χ1n) is 9.24. The van der Waals surface area contributed by atoms with E-state index >= 15 is 0 Å². The van der Waals surface area contributed by atoms with E-state index in [1.165, 1.54) is 0 Å². The zero-order valence-corrected chi connectivity index (χ0v) is 18.5. The van der Waals surface area contributed by atoms with Crippen molar-refractivity contribution in [1.29, 1.82) is 0 Å². The van der Waals surface area contributed by atoms with Crippen LogP contribution in [-0.4, -0.2) is 28.6 Å². The molecule has 1 N–H and O–H groups in total. The Bertz CT molecular complexity index is 1470. The van der Waals surface area contributed by atoms with Crippen LogP contribution in [0.5, 0.6) is 5.75 Å². The van der Waals surface area contributed by atoms with E-state index < -0.39 is 15.6 Å². The van der Waals surface area contributed by atoms with Crippen molar-refractivity contribution in [1.82, 2.24) is 4.98 Å². The molecule has 0 bridgehead atoms. The second-order valence-electron chi connectivity index (χ2n) is 6.83. The Hall–Kier alpha value is -3.21. The van der Waals surface area contributed by atoms with Crippen molar-refractivity contribution in [3.63, 3.8) is 0 Å². The largest absolute Gasteiger partial charge is 0.741 e. The Morgan fingerprint density at radius 3 is 2.45 bits per heavy atom. The summed E-state index contributed by atoms with van der Waals surface area (Å²) in [6, 6.07) is 17.4. The lowest BCUT2D eigenvalue weighted by Crippen LogP contribution is -2.32. The SMILES string of the molecule is C[n+]1c(C=Cc2ccc(O)c3ncccc23)ccc2cc(Cl)ccc21.O=S(=O)([O-])C(F)(F)F. The molecule has 0 saturated heterocycles. The van der Waals surface area contributed by atoms with E-state index in [4.69, 9.17) is 24.6 Å². The Morgan fingerprint density at radius 2 is 1.79 bits per heavy atom. The molecule has 4 rings (SSSR count). The molecule has 2 heterocycles. The van der Waals surface area contributed by atoms with Gasteiger partial charge in [-0.1, -0.05) is 23.7 Å². The van der Waals surface area contributed by atoms with Crippen LogP contribution in [-0.2, 0) is 17.2 Å². The average molecular weight is 497 g/mol. The smallest absolute Gasteiger partial charge is 0.485 e. The van der Waals surface area contributed by atoms with Crippen LogP contribution in [0.1, 0.15) is 11.3 Å². The number of hydrogen-bond donors (Lipinski definition) is 1. The highest BCUT2D eigenvalue weighted by Crippen LogP contribution is 2.27. The number of aromatic hydroxyl groups is 1. The minimum Gasteiger partial charge on any atom is -0.741 e. The summed E-state index contributed by atoms with van der Waals surface area (Å²) in [6.45, 7) is 0. The van der Waals surface area contributed by atoms with Gasteiger partial charge in [-0.3, -0.25) is 4.98 Å². The predicted molar refractivity (Wildman–Crippen MR) is 118 cm³/mol. The van der Waals surface area contributed by atoms with Crippen LogP contribution in [0.15, 0.2) is 60.8 Å². The van der Waals surface area contributed by atoms with Gasteiger partial charge in [-0.05, 0) is 42.0 Å². The van der Waals surface area contributed by atoms with E-state index in [-0.39, 0.29) is 5.75 Å². The van der Waals surface area contributed by atoms with Gasteiger partial charge in [0.25, 0.3) is 0 Å². The minimum atomic E-state index is -6.09. The minimum absolute atomic E-state index is 0.195. The van der Waals surface area contributed by atoms with Gasteiger partial charge in [-0.2, -0.15) is 17.7 Å². The van der Waals surface area contributed by atoms with Crippen LogP contribution in [0.3, 0.4) is 0 Å². The standard InChI is InChI=1S/C21H15ClN2O.CHF3O3S/c1-24-17(9-5-15-13-16(22)7-10-19(15)24)8-4-14-6-11-20(25)21-18(14)3-2-12-23-21;2-1(3,4)8(5,6)7/h2-13H,1H3;(H,5,6,7). The third-order valence-corrected chi connectivity index (χ3v) is 5.47. The molecule has 0 fully saturated rings. The molecule has 0 aliphatic rings. The highest BCUT2D eigenvalue weighted by Gasteiger charge is 2.36. The van der Waals surface area contributed by atoms with Crippen LogP contribution in [0.2, 0.25) is 5.02 Å². The first kappa shape index (κ1) is 24.4. The van der Waals surface area contributed by atoms with Crippen LogP contribution in [0.4, 0.5) is 13.2 Å². The van der Waals surface area contributed by atoms with Crippen molar-refractivity contribution < 1.29 is 35.8 Å². The summed E-state index contributed by atoms with van der Waals surface area (Å²) in [5.74, 6) is 0.195. The fraction of sp³-hybridized carbons (Fsp3) is 0.0909. The third-order valence-electron chi connectivity index (χ3n) is 4.67. The number of nitrogens with zero attached hydrogens (tertiary/aromatic N) is 2. The summed E-state index contributed by atoms with van der Waals surface area (Å²) in [6.07, 6.45) is 5.79. The van der Waals surface area contributed by atoms with Gasteiger partial charge in [0.2, 0.25) is 11.2 Å².